The Morgan fingerprint density at radius 2 is 0.942 bits per heavy atom. The van der Waals surface area contributed by atoms with E-state index in [2.05, 4.69) is 78.1 Å². The number of rotatable bonds is 11. The Balaban J connectivity index is 1.13. The van der Waals surface area contributed by atoms with Crippen molar-refractivity contribution in [3.05, 3.63) is 150 Å². The molecule has 0 aliphatic carbocycles. The lowest BCUT2D eigenvalue weighted by atomic mass is 9.88. The first-order valence-corrected chi connectivity index (χ1v) is 17.9. The highest BCUT2D eigenvalue weighted by molar-refractivity contribution is 6.30. The standard InChI is InChI=1S/C47H35NO4/c1-48-41(49)11-3-2-4-24-52-36-26-34(46(50)39-22-18-32-14-12-28-7-5-9-30-16-20-37(39)44(32)42(28)30)25-35(27-36)47(51)40-23-19-33-15-13-29-8-6-10-31-17-21-38(40)45(33)43(29)31/h5-10,12-23,25-27H,2-4,11,24H2,1H3,(H,48,49). The Morgan fingerprint density at radius 1 is 0.500 bits per heavy atom. The fraction of sp³-hybridized carbons (Fsp3) is 0.128. The molecule has 0 aliphatic heterocycles. The average molecular weight is 678 g/mol. The van der Waals surface area contributed by atoms with Crippen molar-refractivity contribution in [1.82, 2.24) is 5.32 Å². The Morgan fingerprint density at radius 3 is 1.42 bits per heavy atom. The van der Waals surface area contributed by atoms with Gasteiger partial charge in [0.1, 0.15) is 5.75 Å². The zero-order chi connectivity index (χ0) is 35.3. The highest BCUT2D eigenvalue weighted by Gasteiger charge is 2.22. The smallest absolute Gasteiger partial charge is 0.219 e. The maximum atomic E-state index is 14.6. The fourth-order valence-corrected chi connectivity index (χ4v) is 8.00. The largest absolute Gasteiger partial charge is 0.494 e. The molecule has 0 unspecified atom stereocenters. The number of hydrogen-bond donors (Lipinski definition) is 1. The number of ether oxygens (including phenoxy) is 1. The van der Waals surface area contributed by atoms with E-state index in [-0.39, 0.29) is 17.5 Å². The fourth-order valence-electron chi connectivity index (χ4n) is 8.00. The number of nitrogens with one attached hydrogen (secondary N) is 1. The summed E-state index contributed by atoms with van der Waals surface area (Å²) in [7, 11) is 1.64. The summed E-state index contributed by atoms with van der Waals surface area (Å²) >= 11 is 0. The first kappa shape index (κ1) is 31.6. The summed E-state index contributed by atoms with van der Waals surface area (Å²) < 4.78 is 6.25. The van der Waals surface area contributed by atoms with Crippen molar-refractivity contribution < 1.29 is 19.1 Å². The van der Waals surface area contributed by atoms with Crippen molar-refractivity contribution >= 4 is 82.1 Å². The third-order valence-electron chi connectivity index (χ3n) is 10.6. The number of hydrogen-bond acceptors (Lipinski definition) is 4. The number of ketones is 2. The Labute approximate surface area is 300 Å². The zero-order valence-corrected chi connectivity index (χ0v) is 28.8. The van der Waals surface area contributed by atoms with E-state index in [9.17, 15) is 14.4 Å². The number of carbonyl (C=O) groups excluding carboxylic acids is 3. The van der Waals surface area contributed by atoms with Crippen molar-refractivity contribution in [3.8, 4) is 5.75 Å². The molecular weight excluding hydrogens is 643 g/mol. The quantitative estimate of drug-likeness (QED) is 0.0840. The molecule has 0 aliphatic rings. The third-order valence-corrected chi connectivity index (χ3v) is 10.6. The summed E-state index contributed by atoms with van der Waals surface area (Å²) in [4.78, 5) is 40.9. The molecule has 1 N–H and O–H groups in total. The van der Waals surface area contributed by atoms with Crippen molar-refractivity contribution in [2.75, 3.05) is 13.7 Å². The van der Waals surface area contributed by atoms with Gasteiger partial charge in [0.25, 0.3) is 0 Å². The van der Waals surface area contributed by atoms with E-state index < -0.39 is 0 Å². The first-order valence-electron chi connectivity index (χ1n) is 17.9. The molecule has 5 nitrogen and oxygen atoms in total. The van der Waals surface area contributed by atoms with Crippen LogP contribution in [0.4, 0.5) is 0 Å². The minimum absolute atomic E-state index is 0.0221. The lowest BCUT2D eigenvalue weighted by molar-refractivity contribution is -0.120. The summed E-state index contributed by atoms with van der Waals surface area (Å²) in [5.74, 6) is 0.154. The van der Waals surface area contributed by atoms with E-state index in [0.29, 0.717) is 41.0 Å². The van der Waals surface area contributed by atoms with Crippen LogP contribution in [-0.2, 0) is 4.79 Å². The minimum Gasteiger partial charge on any atom is -0.494 e. The summed E-state index contributed by atoms with van der Waals surface area (Å²) in [6.45, 7) is 0.399. The second-order valence-corrected chi connectivity index (χ2v) is 13.7. The van der Waals surface area contributed by atoms with Crippen LogP contribution >= 0.6 is 0 Å². The van der Waals surface area contributed by atoms with Crippen LogP contribution < -0.4 is 10.1 Å². The molecule has 0 heterocycles. The van der Waals surface area contributed by atoms with E-state index >= 15 is 0 Å². The van der Waals surface area contributed by atoms with Crippen LogP contribution in [0, 0.1) is 0 Å². The second kappa shape index (κ2) is 12.8. The summed E-state index contributed by atoms with van der Waals surface area (Å²) in [6, 6.07) is 42.3. The molecule has 0 spiro atoms. The number of amides is 1. The summed E-state index contributed by atoms with van der Waals surface area (Å²) in [6.07, 6.45) is 2.79. The van der Waals surface area contributed by atoms with E-state index in [4.69, 9.17) is 4.74 Å². The van der Waals surface area contributed by atoms with Gasteiger partial charge in [0.05, 0.1) is 6.61 Å². The first-order chi connectivity index (χ1) is 25.5. The molecule has 0 saturated carbocycles. The molecule has 0 saturated heterocycles. The van der Waals surface area contributed by atoms with Crippen molar-refractivity contribution in [1.29, 1.82) is 0 Å². The number of carbonyl (C=O) groups is 3. The molecule has 9 rings (SSSR count). The summed E-state index contributed by atoms with van der Waals surface area (Å²) in [5, 5.41) is 15.5. The van der Waals surface area contributed by atoms with Gasteiger partial charge in [0.15, 0.2) is 11.6 Å². The predicted octanol–water partition coefficient (Wildman–Crippen LogP) is 10.6. The van der Waals surface area contributed by atoms with E-state index in [0.717, 1.165) is 83.9 Å². The average Bonchev–Trinajstić information content (AvgIpc) is 3.19. The molecule has 0 atom stereocenters. The molecule has 0 fully saturated rings. The van der Waals surface area contributed by atoms with Gasteiger partial charge in [-0.1, -0.05) is 97.1 Å². The lowest BCUT2D eigenvalue weighted by Crippen LogP contribution is -2.16. The van der Waals surface area contributed by atoms with Crippen LogP contribution in [0.25, 0.3) is 64.6 Å². The van der Waals surface area contributed by atoms with Gasteiger partial charge in [-0.2, -0.15) is 0 Å². The maximum absolute atomic E-state index is 14.6. The van der Waals surface area contributed by atoms with E-state index in [1.165, 1.54) is 0 Å². The Kier molecular flexibility index (Phi) is 7.77. The maximum Gasteiger partial charge on any atom is 0.219 e. The number of unbranched alkanes of at least 4 members (excludes halogenated alkanes) is 2. The molecule has 5 heteroatoms. The summed E-state index contributed by atoms with van der Waals surface area (Å²) in [5.41, 5.74) is 1.96. The minimum atomic E-state index is -0.168. The predicted molar refractivity (Wildman–Crippen MR) is 212 cm³/mol. The van der Waals surface area contributed by atoms with Crippen LogP contribution in [0.1, 0.15) is 57.5 Å². The molecular formula is C47H35NO4. The van der Waals surface area contributed by atoms with Crippen LogP contribution in [0.2, 0.25) is 0 Å². The third kappa shape index (κ3) is 5.28. The molecule has 0 aromatic heterocycles. The Hall–Kier alpha value is -6.33. The van der Waals surface area contributed by atoms with Gasteiger partial charge in [-0.25, -0.2) is 0 Å². The lowest BCUT2D eigenvalue weighted by Gasteiger charge is -2.16. The van der Waals surface area contributed by atoms with Gasteiger partial charge in [0, 0.05) is 35.7 Å². The van der Waals surface area contributed by atoms with Crippen LogP contribution in [0.3, 0.4) is 0 Å². The van der Waals surface area contributed by atoms with Crippen LogP contribution in [0.15, 0.2) is 127 Å². The SMILES string of the molecule is CNC(=O)CCCCCOc1cc(C(=O)c2ccc3ccc4cccc5ccc2c3c45)cc(C(=O)c2ccc3ccc4cccc5ccc2c3c45)c1. The van der Waals surface area contributed by atoms with Gasteiger partial charge in [0.2, 0.25) is 5.91 Å². The molecule has 9 aromatic carbocycles. The van der Waals surface area contributed by atoms with Gasteiger partial charge < -0.3 is 10.1 Å². The van der Waals surface area contributed by atoms with Gasteiger partial charge in [-0.3, -0.25) is 14.4 Å². The molecule has 9 aromatic rings. The highest BCUT2D eigenvalue weighted by atomic mass is 16.5. The monoisotopic (exact) mass is 677 g/mol. The van der Waals surface area contributed by atoms with Crippen LogP contribution in [0.5, 0.6) is 5.75 Å². The Bertz CT molecular complexity index is 2640. The molecule has 0 radical (unpaired) electrons. The van der Waals surface area contributed by atoms with Crippen molar-refractivity contribution in [3.63, 3.8) is 0 Å². The normalized spacial score (nSPS) is 11.8. The van der Waals surface area contributed by atoms with Crippen molar-refractivity contribution in [2.24, 2.45) is 0 Å². The van der Waals surface area contributed by atoms with E-state index in [1.807, 2.05) is 36.4 Å². The van der Waals surface area contributed by atoms with Gasteiger partial charge in [-0.05, 0) is 114 Å². The van der Waals surface area contributed by atoms with E-state index in [1.54, 1.807) is 25.2 Å². The van der Waals surface area contributed by atoms with Gasteiger partial charge >= 0.3 is 0 Å². The van der Waals surface area contributed by atoms with Crippen LogP contribution in [-0.4, -0.2) is 31.1 Å². The highest BCUT2D eigenvalue weighted by Crippen LogP contribution is 2.39. The molecule has 52 heavy (non-hydrogen) atoms. The molecule has 1 amide bonds. The topological polar surface area (TPSA) is 72.5 Å². The molecule has 0 bridgehead atoms. The second-order valence-electron chi connectivity index (χ2n) is 13.7. The van der Waals surface area contributed by atoms with Crippen molar-refractivity contribution in [2.45, 2.75) is 25.7 Å². The zero-order valence-electron chi connectivity index (χ0n) is 28.8. The van der Waals surface area contributed by atoms with Gasteiger partial charge in [-0.15, -0.1) is 0 Å². The number of benzene rings is 9. The molecule has 252 valence electrons.